The normalized spacial score (nSPS) is 14.3. The minimum absolute atomic E-state index is 0.348. The van der Waals surface area contributed by atoms with Gasteiger partial charge in [0.05, 0.1) is 11.4 Å². The van der Waals surface area contributed by atoms with Gasteiger partial charge < -0.3 is 5.11 Å². The van der Waals surface area contributed by atoms with Gasteiger partial charge in [0.1, 0.15) is 5.60 Å². The number of benzene rings is 4. The minimum atomic E-state index is -1.15. The summed E-state index contributed by atoms with van der Waals surface area (Å²) >= 11 is 0. The Hall–Kier alpha value is -3.49. The van der Waals surface area contributed by atoms with E-state index in [1.807, 2.05) is 42.5 Å². The first-order valence-corrected chi connectivity index (χ1v) is 12.6. The van der Waals surface area contributed by atoms with Crippen LogP contribution in [-0.2, 0) is 5.60 Å². The summed E-state index contributed by atoms with van der Waals surface area (Å²) < 4.78 is 0. The highest BCUT2D eigenvalue weighted by atomic mass is 16.3. The molecule has 176 valence electrons. The molecule has 0 aliphatic heterocycles. The van der Waals surface area contributed by atoms with Crippen LogP contribution in [0.4, 0.5) is 5.69 Å². The number of para-hydroxylation sites is 1. The maximum absolute atomic E-state index is 12.4. The molecule has 0 amide bonds. The van der Waals surface area contributed by atoms with E-state index in [1.165, 1.54) is 11.1 Å². The predicted molar refractivity (Wildman–Crippen MR) is 147 cm³/mol. The van der Waals surface area contributed by atoms with E-state index in [9.17, 15) is 5.11 Å². The van der Waals surface area contributed by atoms with Gasteiger partial charge in [-0.05, 0) is 50.8 Å². The second-order valence-corrected chi connectivity index (χ2v) is 10.1. The third kappa shape index (κ3) is 4.13. The highest BCUT2D eigenvalue weighted by Crippen LogP contribution is 2.50. The van der Waals surface area contributed by atoms with E-state index in [0.29, 0.717) is 18.3 Å². The lowest BCUT2D eigenvalue weighted by Crippen LogP contribution is -2.28. The van der Waals surface area contributed by atoms with Crippen molar-refractivity contribution < 1.29 is 5.11 Å². The van der Waals surface area contributed by atoms with E-state index in [0.717, 1.165) is 39.2 Å². The van der Waals surface area contributed by atoms with Gasteiger partial charge in [0.2, 0.25) is 0 Å². The maximum atomic E-state index is 12.4. The second kappa shape index (κ2) is 9.28. The minimum Gasteiger partial charge on any atom is -0.380 e. The number of aliphatic hydroxyl groups is 1. The number of hydrogen-bond acceptors (Lipinski definition) is 2. The molecule has 0 heterocycles. The Balaban J connectivity index is 1.73. The summed E-state index contributed by atoms with van der Waals surface area (Å²) in [7, 11) is 0. The Kier molecular flexibility index (Phi) is 6.17. The van der Waals surface area contributed by atoms with Crippen LogP contribution < -0.4 is 0 Å². The quantitative estimate of drug-likeness (QED) is 0.289. The van der Waals surface area contributed by atoms with Gasteiger partial charge in [0.15, 0.2) is 0 Å². The summed E-state index contributed by atoms with van der Waals surface area (Å²) in [6.45, 7) is 8.88. The Labute approximate surface area is 209 Å². The van der Waals surface area contributed by atoms with Crippen LogP contribution in [0, 0.1) is 0 Å². The van der Waals surface area contributed by atoms with Gasteiger partial charge in [-0.3, -0.25) is 4.99 Å². The molecule has 0 fully saturated rings. The molecule has 1 N–H and O–H groups in total. The molecule has 0 bridgehead atoms. The number of hydrogen-bond donors (Lipinski definition) is 1. The smallest absolute Gasteiger partial charge is 0.121 e. The fraction of sp³-hybridized carbons (Fsp3) is 0.242. The summed E-state index contributed by atoms with van der Waals surface area (Å²) in [5.41, 5.74) is 8.41. The predicted octanol–water partition coefficient (Wildman–Crippen LogP) is 8.36. The van der Waals surface area contributed by atoms with Crippen LogP contribution in [0.3, 0.4) is 0 Å². The lowest BCUT2D eigenvalue weighted by molar-refractivity contribution is 0.0940. The first-order valence-electron chi connectivity index (χ1n) is 12.6. The Morgan fingerprint density at radius 3 is 1.66 bits per heavy atom. The van der Waals surface area contributed by atoms with Gasteiger partial charge in [0.25, 0.3) is 0 Å². The summed E-state index contributed by atoms with van der Waals surface area (Å²) in [5.74, 6) is 0.695. The SMILES string of the molecule is CC(C)c1cccc(C(C)C)c1N=C(CC1(O)c2ccccc2-c2ccccc21)c1ccccc1. The van der Waals surface area contributed by atoms with Crippen molar-refractivity contribution in [3.8, 4) is 11.1 Å². The third-order valence-corrected chi connectivity index (χ3v) is 7.15. The van der Waals surface area contributed by atoms with Gasteiger partial charge in [-0.25, -0.2) is 0 Å². The summed E-state index contributed by atoms with van der Waals surface area (Å²) in [6.07, 6.45) is 0.398. The van der Waals surface area contributed by atoms with Crippen molar-refractivity contribution in [3.63, 3.8) is 0 Å². The van der Waals surface area contributed by atoms with Gasteiger partial charge in [0, 0.05) is 6.42 Å². The van der Waals surface area contributed by atoms with Gasteiger partial charge >= 0.3 is 0 Å². The molecule has 5 rings (SSSR count). The number of rotatable bonds is 6. The van der Waals surface area contributed by atoms with E-state index in [2.05, 4.69) is 82.3 Å². The molecular formula is C33H33NO. The molecule has 4 aromatic rings. The summed E-state index contributed by atoms with van der Waals surface area (Å²) in [4.78, 5) is 5.38. The molecule has 0 saturated heterocycles. The van der Waals surface area contributed by atoms with E-state index in [-0.39, 0.29) is 0 Å². The van der Waals surface area contributed by atoms with Gasteiger partial charge in [-0.2, -0.15) is 0 Å². The molecule has 0 unspecified atom stereocenters. The fourth-order valence-electron chi connectivity index (χ4n) is 5.35. The lowest BCUT2D eigenvalue weighted by atomic mass is 9.84. The summed E-state index contributed by atoms with van der Waals surface area (Å²) in [5, 5.41) is 12.4. The maximum Gasteiger partial charge on any atom is 0.121 e. The largest absolute Gasteiger partial charge is 0.380 e. The fourth-order valence-corrected chi connectivity index (χ4v) is 5.35. The van der Waals surface area contributed by atoms with Crippen LogP contribution in [0.25, 0.3) is 11.1 Å². The average molecular weight is 460 g/mol. The average Bonchev–Trinajstić information content (AvgIpc) is 3.13. The Bertz CT molecular complexity index is 1310. The van der Waals surface area contributed by atoms with Gasteiger partial charge in [-0.1, -0.05) is 125 Å². The van der Waals surface area contributed by atoms with Crippen molar-refractivity contribution in [1.29, 1.82) is 0 Å². The molecule has 0 spiro atoms. The molecule has 2 nitrogen and oxygen atoms in total. The van der Waals surface area contributed by atoms with Crippen molar-refractivity contribution in [1.82, 2.24) is 0 Å². The highest BCUT2D eigenvalue weighted by Gasteiger charge is 2.42. The number of fused-ring (bicyclic) bond motifs is 3. The zero-order chi connectivity index (χ0) is 24.6. The van der Waals surface area contributed by atoms with E-state index < -0.39 is 5.60 Å². The lowest BCUT2D eigenvalue weighted by Gasteiger charge is -2.27. The van der Waals surface area contributed by atoms with Crippen molar-refractivity contribution in [2.75, 3.05) is 0 Å². The Morgan fingerprint density at radius 2 is 1.14 bits per heavy atom. The van der Waals surface area contributed by atoms with Crippen molar-refractivity contribution in [2.24, 2.45) is 4.99 Å². The number of aliphatic imine (C=N–C) groups is 1. The summed E-state index contributed by atoms with van der Waals surface area (Å²) in [6, 6.07) is 33.3. The Morgan fingerprint density at radius 1 is 0.657 bits per heavy atom. The topological polar surface area (TPSA) is 32.6 Å². The third-order valence-electron chi connectivity index (χ3n) is 7.15. The van der Waals surface area contributed by atoms with Crippen molar-refractivity contribution in [2.45, 2.75) is 51.6 Å². The number of nitrogens with zero attached hydrogens (tertiary/aromatic N) is 1. The molecule has 1 aliphatic carbocycles. The first kappa shape index (κ1) is 23.3. The van der Waals surface area contributed by atoms with E-state index in [4.69, 9.17) is 4.99 Å². The van der Waals surface area contributed by atoms with E-state index >= 15 is 0 Å². The molecule has 0 aromatic heterocycles. The molecule has 0 atom stereocenters. The van der Waals surface area contributed by atoms with Crippen LogP contribution in [0.15, 0.2) is 102 Å². The molecular weight excluding hydrogens is 426 g/mol. The standard InChI is InChI=1S/C33H33NO/c1-22(2)25-17-12-18-26(23(3)4)32(25)34-31(24-13-6-5-7-14-24)21-33(35)29-19-10-8-15-27(29)28-16-9-11-20-30(28)33/h5-20,22-23,35H,21H2,1-4H3. The zero-order valence-corrected chi connectivity index (χ0v) is 21.0. The van der Waals surface area contributed by atoms with Crippen LogP contribution in [0.1, 0.15) is 73.8 Å². The highest BCUT2D eigenvalue weighted by molar-refractivity contribution is 6.04. The molecule has 35 heavy (non-hydrogen) atoms. The molecule has 4 aromatic carbocycles. The van der Waals surface area contributed by atoms with Gasteiger partial charge in [-0.15, -0.1) is 0 Å². The van der Waals surface area contributed by atoms with Crippen molar-refractivity contribution >= 4 is 11.4 Å². The second-order valence-electron chi connectivity index (χ2n) is 10.1. The molecule has 2 heteroatoms. The zero-order valence-electron chi connectivity index (χ0n) is 21.0. The molecule has 0 saturated carbocycles. The van der Waals surface area contributed by atoms with Crippen molar-refractivity contribution in [3.05, 3.63) is 125 Å². The molecule has 0 radical (unpaired) electrons. The van der Waals surface area contributed by atoms with Crippen LogP contribution in [0.5, 0.6) is 0 Å². The monoisotopic (exact) mass is 459 g/mol. The first-order chi connectivity index (χ1) is 16.9. The van der Waals surface area contributed by atoms with Crippen LogP contribution in [0.2, 0.25) is 0 Å². The van der Waals surface area contributed by atoms with Crippen LogP contribution >= 0.6 is 0 Å². The van der Waals surface area contributed by atoms with E-state index in [1.54, 1.807) is 0 Å². The molecule has 1 aliphatic rings. The van der Waals surface area contributed by atoms with Crippen LogP contribution in [-0.4, -0.2) is 10.8 Å².